The second-order valence-electron chi connectivity index (χ2n) is 5.68. The van der Waals surface area contributed by atoms with Crippen molar-refractivity contribution >= 4 is 54.7 Å². The molecule has 0 aliphatic carbocycles. The molecular formula is C19H14N4O2S. The van der Waals surface area contributed by atoms with Gasteiger partial charge in [-0.3, -0.25) is 4.79 Å². The normalized spacial score (nSPS) is 11.4. The Labute approximate surface area is 152 Å². The Morgan fingerprint density at radius 2 is 1.92 bits per heavy atom. The fourth-order valence-corrected chi connectivity index (χ4v) is 3.54. The number of azo groups is 1. The molecule has 0 fully saturated rings. The lowest BCUT2D eigenvalue weighted by Gasteiger charge is -2.10. The first kappa shape index (κ1) is 16.2. The molecule has 128 valence electrons. The zero-order valence-electron chi connectivity index (χ0n) is 13.8. The van der Waals surface area contributed by atoms with Crippen LogP contribution >= 0.6 is 11.3 Å². The van der Waals surface area contributed by atoms with Crippen LogP contribution in [0.5, 0.6) is 5.75 Å². The number of para-hydroxylation sites is 1. The molecule has 6 nitrogen and oxygen atoms in total. The van der Waals surface area contributed by atoms with Gasteiger partial charge in [-0.2, -0.15) is 0 Å². The standard InChI is InChI=1S/C19H14N4O2S/c1-11(24)20-14-7-4-5-12-16(25)10-9-15(18(12)14)22-23-19-21-13-6-2-3-8-17(13)26-19/h2-10,25H,1H3,(H,20,24)/b23-22+. The van der Waals surface area contributed by atoms with E-state index in [1.165, 1.54) is 18.3 Å². The van der Waals surface area contributed by atoms with Crippen molar-refractivity contribution in [1.29, 1.82) is 0 Å². The molecule has 0 radical (unpaired) electrons. The van der Waals surface area contributed by atoms with E-state index in [1.54, 1.807) is 30.3 Å². The summed E-state index contributed by atoms with van der Waals surface area (Å²) in [5.74, 6) is -0.0824. The molecule has 1 amide bonds. The number of amides is 1. The highest BCUT2D eigenvalue weighted by atomic mass is 32.1. The summed E-state index contributed by atoms with van der Waals surface area (Å²) in [4.78, 5) is 15.9. The van der Waals surface area contributed by atoms with Gasteiger partial charge in [0.25, 0.3) is 0 Å². The zero-order chi connectivity index (χ0) is 18.1. The predicted molar refractivity (Wildman–Crippen MR) is 104 cm³/mol. The highest BCUT2D eigenvalue weighted by molar-refractivity contribution is 7.21. The number of carbonyl (C=O) groups excluding carboxylic acids is 1. The van der Waals surface area contributed by atoms with E-state index in [0.717, 1.165) is 10.2 Å². The highest BCUT2D eigenvalue weighted by Crippen LogP contribution is 2.38. The van der Waals surface area contributed by atoms with Gasteiger partial charge in [-0.05, 0) is 30.3 Å². The Morgan fingerprint density at radius 1 is 1.08 bits per heavy atom. The number of nitrogens with one attached hydrogen (secondary N) is 1. The minimum absolute atomic E-state index is 0.117. The number of phenolic OH excluding ortho intramolecular Hbond substituents is 1. The molecule has 0 atom stereocenters. The molecule has 0 bridgehead atoms. The Kier molecular flexibility index (Phi) is 4.06. The maximum absolute atomic E-state index is 11.5. The molecule has 3 aromatic carbocycles. The van der Waals surface area contributed by atoms with Gasteiger partial charge in [0.2, 0.25) is 11.0 Å². The van der Waals surface area contributed by atoms with Crippen molar-refractivity contribution < 1.29 is 9.90 Å². The van der Waals surface area contributed by atoms with E-state index in [2.05, 4.69) is 20.5 Å². The van der Waals surface area contributed by atoms with Crippen LogP contribution in [0, 0.1) is 0 Å². The van der Waals surface area contributed by atoms with Crippen LogP contribution in [0.2, 0.25) is 0 Å². The fourth-order valence-electron chi connectivity index (χ4n) is 2.75. The van der Waals surface area contributed by atoms with Crippen molar-refractivity contribution in [2.24, 2.45) is 10.2 Å². The van der Waals surface area contributed by atoms with Crippen LogP contribution in [0.3, 0.4) is 0 Å². The second-order valence-corrected chi connectivity index (χ2v) is 6.69. The van der Waals surface area contributed by atoms with Gasteiger partial charge in [0.05, 0.1) is 21.6 Å². The third-order valence-corrected chi connectivity index (χ3v) is 4.75. The number of aromatic hydroxyl groups is 1. The number of benzene rings is 3. The summed E-state index contributed by atoms with van der Waals surface area (Å²) in [6.07, 6.45) is 0. The lowest BCUT2D eigenvalue weighted by atomic mass is 10.1. The van der Waals surface area contributed by atoms with E-state index in [-0.39, 0.29) is 11.7 Å². The van der Waals surface area contributed by atoms with Gasteiger partial charge in [0, 0.05) is 17.7 Å². The van der Waals surface area contributed by atoms with Crippen LogP contribution < -0.4 is 5.32 Å². The highest BCUT2D eigenvalue weighted by Gasteiger charge is 2.11. The molecule has 1 heterocycles. The summed E-state index contributed by atoms with van der Waals surface area (Å²) in [5.41, 5.74) is 1.99. The van der Waals surface area contributed by atoms with E-state index in [1.807, 2.05) is 24.3 Å². The van der Waals surface area contributed by atoms with E-state index in [9.17, 15) is 9.90 Å². The van der Waals surface area contributed by atoms with Crippen LogP contribution in [0.1, 0.15) is 6.92 Å². The minimum Gasteiger partial charge on any atom is -0.507 e. The van der Waals surface area contributed by atoms with Crippen LogP contribution in [0.25, 0.3) is 21.0 Å². The molecular weight excluding hydrogens is 348 g/mol. The largest absolute Gasteiger partial charge is 0.507 e. The van der Waals surface area contributed by atoms with Gasteiger partial charge < -0.3 is 10.4 Å². The number of rotatable bonds is 3. The van der Waals surface area contributed by atoms with Crippen LogP contribution in [-0.4, -0.2) is 16.0 Å². The van der Waals surface area contributed by atoms with Crippen molar-refractivity contribution in [1.82, 2.24) is 4.98 Å². The topological polar surface area (TPSA) is 86.9 Å². The van der Waals surface area contributed by atoms with Crippen molar-refractivity contribution in [2.45, 2.75) is 6.92 Å². The molecule has 0 aliphatic rings. The van der Waals surface area contributed by atoms with Crippen molar-refractivity contribution in [3.05, 3.63) is 54.6 Å². The number of fused-ring (bicyclic) bond motifs is 2. The molecule has 4 rings (SSSR count). The van der Waals surface area contributed by atoms with Gasteiger partial charge in [0.1, 0.15) is 5.75 Å². The quantitative estimate of drug-likeness (QED) is 0.470. The molecule has 2 N–H and O–H groups in total. The molecule has 1 aromatic heterocycles. The first-order chi connectivity index (χ1) is 12.6. The average Bonchev–Trinajstić information content (AvgIpc) is 3.04. The summed E-state index contributed by atoms with van der Waals surface area (Å²) in [5, 5.41) is 23.3. The molecule has 26 heavy (non-hydrogen) atoms. The van der Waals surface area contributed by atoms with Crippen molar-refractivity contribution in [3.8, 4) is 5.75 Å². The molecule has 0 unspecified atom stereocenters. The van der Waals surface area contributed by atoms with E-state index in [4.69, 9.17) is 0 Å². The Hall–Kier alpha value is -3.32. The van der Waals surface area contributed by atoms with Gasteiger partial charge >= 0.3 is 0 Å². The number of anilines is 1. The summed E-state index contributed by atoms with van der Waals surface area (Å²) < 4.78 is 1.04. The Bertz CT molecular complexity index is 1130. The van der Waals surface area contributed by atoms with Crippen molar-refractivity contribution in [3.63, 3.8) is 0 Å². The van der Waals surface area contributed by atoms with Gasteiger partial charge in [-0.25, -0.2) is 4.98 Å². The lowest BCUT2D eigenvalue weighted by Crippen LogP contribution is -2.06. The molecule has 0 spiro atoms. The summed E-state index contributed by atoms with van der Waals surface area (Å²) in [6, 6.07) is 16.3. The van der Waals surface area contributed by atoms with Gasteiger partial charge in [-0.1, -0.05) is 35.6 Å². The number of carbonyl (C=O) groups is 1. The van der Waals surface area contributed by atoms with E-state index < -0.39 is 0 Å². The smallest absolute Gasteiger partial charge is 0.231 e. The van der Waals surface area contributed by atoms with Crippen LogP contribution in [-0.2, 0) is 4.79 Å². The van der Waals surface area contributed by atoms with Gasteiger partial charge in [-0.15, -0.1) is 10.2 Å². The number of aromatic nitrogens is 1. The molecule has 0 saturated carbocycles. The zero-order valence-corrected chi connectivity index (χ0v) is 14.6. The van der Waals surface area contributed by atoms with E-state index >= 15 is 0 Å². The lowest BCUT2D eigenvalue weighted by molar-refractivity contribution is -0.114. The third-order valence-electron chi connectivity index (χ3n) is 3.83. The summed E-state index contributed by atoms with van der Waals surface area (Å²) in [6.45, 7) is 1.43. The summed E-state index contributed by atoms with van der Waals surface area (Å²) in [7, 11) is 0. The van der Waals surface area contributed by atoms with Gasteiger partial charge in [0.15, 0.2) is 0 Å². The molecule has 0 saturated heterocycles. The Morgan fingerprint density at radius 3 is 2.73 bits per heavy atom. The number of hydrogen-bond donors (Lipinski definition) is 2. The summed E-state index contributed by atoms with van der Waals surface area (Å²) >= 11 is 1.45. The number of thiazole rings is 1. The van der Waals surface area contributed by atoms with Crippen molar-refractivity contribution in [2.75, 3.05) is 5.32 Å². The number of nitrogens with zero attached hydrogens (tertiary/aromatic N) is 3. The minimum atomic E-state index is -0.199. The number of hydrogen-bond acceptors (Lipinski definition) is 6. The molecule has 4 aromatic rings. The first-order valence-electron chi connectivity index (χ1n) is 7.91. The predicted octanol–water partition coefficient (Wildman–Crippen LogP) is 5.53. The third kappa shape index (κ3) is 3.00. The second kappa shape index (κ2) is 6.53. The molecule has 7 heteroatoms. The fraction of sp³-hybridized carbons (Fsp3) is 0.0526. The van der Waals surface area contributed by atoms with Crippen LogP contribution in [0.4, 0.5) is 16.5 Å². The Balaban J connectivity index is 1.82. The first-order valence-corrected chi connectivity index (χ1v) is 8.73. The monoisotopic (exact) mass is 362 g/mol. The SMILES string of the molecule is CC(=O)Nc1cccc2c(O)ccc(/N=N/c3nc4ccccc4s3)c12. The van der Waals surface area contributed by atoms with E-state index in [0.29, 0.717) is 27.3 Å². The number of phenols is 1. The maximum atomic E-state index is 11.5. The maximum Gasteiger partial charge on any atom is 0.231 e. The van der Waals surface area contributed by atoms with Crippen LogP contribution in [0.15, 0.2) is 64.8 Å². The average molecular weight is 362 g/mol. The molecule has 0 aliphatic heterocycles.